The van der Waals surface area contributed by atoms with Crippen molar-refractivity contribution in [2.75, 3.05) is 0 Å². The molecule has 2 aromatic carbocycles. The third kappa shape index (κ3) is 3.43. The van der Waals surface area contributed by atoms with E-state index in [1.165, 1.54) is 5.56 Å². The average Bonchev–Trinajstić information content (AvgIpc) is 3.09. The average molecular weight is 373 g/mol. The van der Waals surface area contributed by atoms with Gasteiger partial charge in [0.05, 0.1) is 0 Å². The van der Waals surface area contributed by atoms with Gasteiger partial charge in [0, 0.05) is 28.5 Å². The van der Waals surface area contributed by atoms with Crippen molar-refractivity contribution in [2.24, 2.45) is 0 Å². The standard InChI is InChI=1S/C23H23N3O2/c1-23(2,3)17-8-9-19-15(11-17)12-20(25-19)22(28)24-13-16-10-14-6-4-5-7-18(14)26-21(16)27/h4-12,25H,13H2,1-3H3,(H,24,28)(H,26,27). The van der Waals surface area contributed by atoms with E-state index >= 15 is 0 Å². The Balaban J connectivity index is 1.55. The van der Waals surface area contributed by atoms with Gasteiger partial charge in [-0.25, -0.2) is 0 Å². The van der Waals surface area contributed by atoms with Crippen LogP contribution in [0.25, 0.3) is 21.8 Å². The Labute approximate surface area is 162 Å². The van der Waals surface area contributed by atoms with Gasteiger partial charge in [0.2, 0.25) is 0 Å². The van der Waals surface area contributed by atoms with Gasteiger partial charge in [-0.05, 0) is 46.7 Å². The second-order valence-electron chi connectivity index (χ2n) is 8.13. The molecular weight excluding hydrogens is 350 g/mol. The normalized spacial score (nSPS) is 11.8. The summed E-state index contributed by atoms with van der Waals surface area (Å²) in [4.78, 5) is 30.8. The van der Waals surface area contributed by atoms with Gasteiger partial charge < -0.3 is 15.3 Å². The Kier molecular flexibility index (Phi) is 4.30. The number of benzene rings is 2. The highest BCUT2D eigenvalue weighted by atomic mass is 16.2. The van der Waals surface area contributed by atoms with Crippen LogP contribution in [0.5, 0.6) is 0 Å². The fourth-order valence-electron chi connectivity index (χ4n) is 3.32. The van der Waals surface area contributed by atoms with Crippen molar-refractivity contribution in [1.29, 1.82) is 0 Å². The molecule has 0 fully saturated rings. The van der Waals surface area contributed by atoms with Crippen LogP contribution in [0.1, 0.15) is 42.4 Å². The van der Waals surface area contributed by atoms with Gasteiger partial charge in [-0.15, -0.1) is 0 Å². The molecule has 0 saturated heterocycles. The number of H-pyrrole nitrogens is 2. The van der Waals surface area contributed by atoms with Crippen molar-refractivity contribution in [3.8, 4) is 0 Å². The first-order valence-electron chi connectivity index (χ1n) is 9.34. The summed E-state index contributed by atoms with van der Waals surface area (Å²) < 4.78 is 0. The van der Waals surface area contributed by atoms with E-state index in [1.54, 1.807) is 0 Å². The van der Waals surface area contributed by atoms with Crippen LogP contribution in [0.15, 0.2) is 59.4 Å². The van der Waals surface area contributed by atoms with Gasteiger partial charge in [-0.2, -0.15) is 0 Å². The number of para-hydroxylation sites is 1. The fourth-order valence-corrected chi connectivity index (χ4v) is 3.32. The fraction of sp³-hybridized carbons (Fsp3) is 0.217. The maximum absolute atomic E-state index is 12.6. The Morgan fingerprint density at radius 2 is 1.68 bits per heavy atom. The largest absolute Gasteiger partial charge is 0.351 e. The third-order valence-corrected chi connectivity index (χ3v) is 5.00. The lowest BCUT2D eigenvalue weighted by atomic mass is 9.86. The first-order valence-corrected chi connectivity index (χ1v) is 9.34. The second kappa shape index (κ2) is 6.68. The number of hydrogen-bond acceptors (Lipinski definition) is 2. The van der Waals surface area contributed by atoms with E-state index in [9.17, 15) is 9.59 Å². The Morgan fingerprint density at radius 3 is 2.46 bits per heavy atom. The van der Waals surface area contributed by atoms with Crippen LogP contribution >= 0.6 is 0 Å². The molecule has 0 aliphatic rings. The first-order chi connectivity index (χ1) is 13.3. The van der Waals surface area contributed by atoms with Gasteiger partial charge in [0.1, 0.15) is 5.69 Å². The number of nitrogens with one attached hydrogen (secondary N) is 3. The smallest absolute Gasteiger partial charge is 0.268 e. The van der Waals surface area contributed by atoms with E-state index in [4.69, 9.17) is 0 Å². The Bertz CT molecular complexity index is 1240. The van der Waals surface area contributed by atoms with Crippen LogP contribution < -0.4 is 10.9 Å². The highest BCUT2D eigenvalue weighted by Crippen LogP contribution is 2.26. The van der Waals surface area contributed by atoms with Crippen molar-refractivity contribution in [1.82, 2.24) is 15.3 Å². The number of rotatable bonds is 3. The second-order valence-corrected chi connectivity index (χ2v) is 8.13. The van der Waals surface area contributed by atoms with E-state index in [2.05, 4.69) is 48.2 Å². The molecule has 2 heterocycles. The maximum Gasteiger partial charge on any atom is 0.268 e. The number of amides is 1. The summed E-state index contributed by atoms with van der Waals surface area (Å²) in [5.74, 6) is -0.235. The molecule has 0 radical (unpaired) electrons. The van der Waals surface area contributed by atoms with Crippen molar-refractivity contribution < 1.29 is 4.79 Å². The predicted octanol–water partition coefficient (Wildman–Crippen LogP) is 4.24. The van der Waals surface area contributed by atoms with E-state index in [-0.39, 0.29) is 23.4 Å². The van der Waals surface area contributed by atoms with Crippen molar-refractivity contribution >= 4 is 27.7 Å². The lowest BCUT2D eigenvalue weighted by molar-refractivity contribution is 0.0946. The van der Waals surface area contributed by atoms with E-state index in [0.717, 1.165) is 21.8 Å². The maximum atomic E-state index is 12.6. The number of fused-ring (bicyclic) bond motifs is 2. The molecule has 5 heteroatoms. The summed E-state index contributed by atoms with van der Waals surface area (Å²) in [6.45, 7) is 6.65. The highest BCUT2D eigenvalue weighted by molar-refractivity contribution is 5.98. The number of aromatic amines is 2. The van der Waals surface area contributed by atoms with E-state index in [0.29, 0.717) is 11.3 Å². The van der Waals surface area contributed by atoms with E-state index in [1.807, 2.05) is 42.5 Å². The molecule has 0 bridgehead atoms. The molecule has 0 unspecified atom stereocenters. The summed E-state index contributed by atoms with van der Waals surface area (Å²) in [5, 5.41) is 4.77. The van der Waals surface area contributed by atoms with Gasteiger partial charge in [0.15, 0.2) is 0 Å². The zero-order chi connectivity index (χ0) is 19.9. The number of carbonyl (C=O) groups excluding carboxylic acids is 1. The minimum Gasteiger partial charge on any atom is -0.351 e. The molecule has 1 amide bonds. The molecule has 0 aliphatic heterocycles. The summed E-state index contributed by atoms with van der Waals surface area (Å²) in [5.41, 5.74) is 3.79. The van der Waals surface area contributed by atoms with Crippen molar-refractivity contribution in [2.45, 2.75) is 32.7 Å². The van der Waals surface area contributed by atoms with Crippen LogP contribution in [0.4, 0.5) is 0 Å². The zero-order valence-corrected chi connectivity index (χ0v) is 16.2. The molecule has 0 aliphatic carbocycles. The predicted molar refractivity (Wildman–Crippen MR) is 113 cm³/mol. The molecule has 4 rings (SSSR count). The van der Waals surface area contributed by atoms with Crippen molar-refractivity contribution in [3.05, 3.63) is 81.8 Å². The highest BCUT2D eigenvalue weighted by Gasteiger charge is 2.16. The Hall–Kier alpha value is -3.34. The number of pyridine rings is 1. The summed E-state index contributed by atoms with van der Waals surface area (Å²) >= 11 is 0. The third-order valence-electron chi connectivity index (χ3n) is 5.00. The van der Waals surface area contributed by atoms with Gasteiger partial charge >= 0.3 is 0 Å². The van der Waals surface area contributed by atoms with Crippen LogP contribution in [0.3, 0.4) is 0 Å². The topological polar surface area (TPSA) is 77.8 Å². The molecule has 0 atom stereocenters. The van der Waals surface area contributed by atoms with Gasteiger partial charge in [-0.3, -0.25) is 9.59 Å². The van der Waals surface area contributed by atoms with Crippen LogP contribution in [0.2, 0.25) is 0 Å². The van der Waals surface area contributed by atoms with Gasteiger partial charge in [0.25, 0.3) is 11.5 Å². The monoisotopic (exact) mass is 373 g/mol. The zero-order valence-electron chi connectivity index (χ0n) is 16.2. The SMILES string of the molecule is CC(C)(C)c1ccc2[nH]c(C(=O)NCc3cc4ccccc4[nH]c3=O)cc2c1. The number of aromatic nitrogens is 2. The van der Waals surface area contributed by atoms with Crippen LogP contribution in [-0.2, 0) is 12.0 Å². The summed E-state index contributed by atoms with van der Waals surface area (Å²) in [6, 6.07) is 17.4. The van der Waals surface area contributed by atoms with Crippen molar-refractivity contribution in [3.63, 3.8) is 0 Å². The van der Waals surface area contributed by atoms with Crippen LogP contribution in [0, 0.1) is 0 Å². The minimum atomic E-state index is -0.235. The first kappa shape index (κ1) is 18.0. The molecule has 3 N–H and O–H groups in total. The molecule has 5 nitrogen and oxygen atoms in total. The Morgan fingerprint density at radius 1 is 0.929 bits per heavy atom. The number of hydrogen-bond donors (Lipinski definition) is 3. The summed E-state index contributed by atoms with van der Waals surface area (Å²) in [7, 11) is 0. The lowest BCUT2D eigenvalue weighted by Gasteiger charge is -2.18. The quantitative estimate of drug-likeness (QED) is 0.502. The molecule has 142 valence electrons. The van der Waals surface area contributed by atoms with Crippen LogP contribution in [-0.4, -0.2) is 15.9 Å². The molecule has 4 aromatic rings. The molecule has 0 spiro atoms. The molecular formula is C23H23N3O2. The van der Waals surface area contributed by atoms with E-state index < -0.39 is 0 Å². The minimum absolute atomic E-state index is 0.0466. The number of carbonyl (C=O) groups is 1. The summed E-state index contributed by atoms with van der Waals surface area (Å²) in [6.07, 6.45) is 0. The molecule has 2 aromatic heterocycles. The molecule has 0 saturated carbocycles. The molecule has 28 heavy (non-hydrogen) atoms. The van der Waals surface area contributed by atoms with Gasteiger partial charge in [-0.1, -0.05) is 45.0 Å². The lowest BCUT2D eigenvalue weighted by Crippen LogP contribution is -2.26.